The van der Waals surface area contributed by atoms with Crippen LogP contribution in [0.5, 0.6) is 0 Å². The average Bonchev–Trinajstić information content (AvgIpc) is 3.00. The van der Waals surface area contributed by atoms with E-state index in [2.05, 4.69) is 28.2 Å². The topological polar surface area (TPSA) is 46.9 Å². The summed E-state index contributed by atoms with van der Waals surface area (Å²) in [7, 11) is 0. The van der Waals surface area contributed by atoms with Crippen molar-refractivity contribution in [3.63, 3.8) is 0 Å². The van der Waals surface area contributed by atoms with E-state index >= 15 is 0 Å². The molecule has 1 aromatic heterocycles. The van der Waals surface area contributed by atoms with Gasteiger partial charge in [-0.25, -0.2) is 0 Å². The Morgan fingerprint density at radius 3 is 2.52 bits per heavy atom. The molecule has 4 nitrogen and oxygen atoms in total. The Morgan fingerprint density at radius 1 is 1.00 bits per heavy atom. The molecule has 1 heterocycles. The molecular formula is C27H31Cl2N3O. The first kappa shape index (κ1) is 22.7. The van der Waals surface area contributed by atoms with Gasteiger partial charge < -0.3 is 5.32 Å². The smallest absolute Gasteiger partial charge is 0.272 e. The van der Waals surface area contributed by atoms with Crippen LogP contribution in [0.4, 0.5) is 0 Å². The Kier molecular flexibility index (Phi) is 6.94. The van der Waals surface area contributed by atoms with Crippen LogP contribution >= 0.6 is 23.2 Å². The Labute approximate surface area is 206 Å². The highest BCUT2D eigenvalue weighted by atomic mass is 35.5. The number of nitrogens with zero attached hydrogens (tertiary/aromatic N) is 2. The number of fused-ring (bicyclic) bond motifs is 1. The van der Waals surface area contributed by atoms with Crippen LogP contribution < -0.4 is 5.32 Å². The van der Waals surface area contributed by atoms with Crippen molar-refractivity contribution in [3.8, 4) is 0 Å². The summed E-state index contributed by atoms with van der Waals surface area (Å²) in [4.78, 5) is 13.2. The van der Waals surface area contributed by atoms with Crippen LogP contribution in [0.3, 0.4) is 0 Å². The second-order valence-corrected chi connectivity index (χ2v) is 10.6. The van der Waals surface area contributed by atoms with Crippen molar-refractivity contribution in [2.45, 2.75) is 82.7 Å². The monoisotopic (exact) mass is 483 g/mol. The molecule has 1 N–H and O–H groups in total. The highest BCUT2D eigenvalue weighted by molar-refractivity contribution is 6.30. The van der Waals surface area contributed by atoms with Crippen molar-refractivity contribution in [1.29, 1.82) is 0 Å². The number of rotatable bonds is 6. The number of allylic oxidation sites excluding steroid dienone is 4. The largest absolute Gasteiger partial charge is 0.348 e. The number of hydrogen-bond acceptors (Lipinski definition) is 2. The predicted molar refractivity (Wildman–Crippen MR) is 134 cm³/mol. The molecule has 174 valence electrons. The molecule has 2 aromatic rings. The maximum atomic E-state index is 13.2. The van der Waals surface area contributed by atoms with Crippen molar-refractivity contribution in [2.24, 2.45) is 0 Å². The van der Waals surface area contributed by atoms with Crippen molar-refractivity contribution < 1.29 is 4.79 Å². The number of aromatic nitrogens is 2. The first-order valence-corrected chi connectivity index (χ1v) is 13.0. The molecule has 0 saturated heterocycles. The third-order valence-electron chi connectivity index (χ3n) is 7.30. The number of nitrogens with one attached hydrogen (secondary N) is 1. The second-order valence-electron chi connectivity index (χ2n) is 9.68. The average molecular weight is 484 g/mol. The van der Waals surface area contributed by atoms with Crippen LogP contribution in [0.1, 0.15) is 84.6 Å². The summed E-state index contributed by atoms with van der Waals surface area (Å²) >= 11 is 12.3. The third kappa shape index (κ3) is 5.22. The highest BCUT2D eigenvalue weighted by Gasteiger charge is 2.31. The summed E-state index contributed by atoms with van der Waals surface area (Å²) in [5.74, 6) is 0.340. The van der Waals surface area contributed by atoms with Crippen molar-refractivity contribution in [3.05, 3.63) is 74.6 Å². The number of hydrogen-bond donors (Lipinski definition) is 1. The van der Waals surface area contributed by atoms with E-state index in [-0.39, 0.29) is 5.91 Å². The molecule has 5 rings (SSSR count). The van der Waals surface area contributed by atoms with Gasteiger partial charge in [-0.1, -0.05) is 47.8 Å². The lowest BCUT2D eigenvalue weighted by molar-refractivity contribution is 0.0910. The van der Waals surface area contributed by atoms with E-state index in [1.54, 1.807) is 0 Å². The number of carbonyl (C=O) groups excluding carboxylic acids is 1. The molecular weight excluding hydrogens is 453 g/mol. The van der Waals surface area contributed by atoms with Gasteiger partial charge in [0.1, 0.15) is 0 Å². The number of halogens is 2. The number of benzene rings is 1. The molecule has 3 aliphatic rings. The van der Waals surface area contributed by atoms with Gasteiger partial charge in [-0.2, -0.15) is 5.10 Å². The Hall–Kier alpha value is -2.04. The van der Waals surface area contributed by atoms with Crippen molar-refractivity contribution in [2.75, 3.05) is 0 Å². The standard InChI is InChI=1S/C27H31Cl2N3O/c28-21-12-8-18(9-13-21)16-20-4-1-2-7-24-25(27(33)30-23-5-3-6-23)31-32(26(20)24)17-19-10-14-22(29)15-11-19/h8-10,12-14,20,23H,1-7,11,15-17H2,(H,30,33). The zero-order valence-electron chi connectivity index (χ0n) is 19.0. The first-order valence-electron chi connectivity index (χ1n) is 12.3. The molecule has 0 aliphatic heterocycles. The van der Waals surface area contributed by atoms with Crippen LogP contribution in [0.2, 0.25) is 5.02 Å². The molecule has 6 heteroatoms. The van der Waals surface area contributed by atoms with Gasteiger partial charge in [0.2, 0.25) is 0 Å². The van der Waals surface area contributed by atoms with Gasteiger partial charge >= 0.3 is 0 Å². The molecule has 0 spiro atoms. The molecule has 0 radical (unpaired) electrons. The zero-order valence-corrected chi connectivity index (χ0v) is 20.5. The fourth-order valence-electron chi connectivity index (χ4n) is 5.24. The van der Waals surface area contributed by atoms with E-state index in [1.807, 2.05) is 18.2 Å². The quantitative estimate of drug-likeness (QED) is 0.463. The lowest BCUT2D eigenvalue weighted by atomic mass is 9.90. The van der Waals surface area contributed by atoms with E-state index in [4.69, 9.17) is 28.3 Å². The predicted octanol–water partition coefficient (Wildman–Crippen LogP) is 6.71. The van der Waals surface area contributed by atoms with Gasteiger partial charge in [0.15, 0.2) is 5.69 Å². The van der Waals surface area contributed by atoms with Crippen LogP contribution in [0.25, 0.3) is 0 Å². The molecule has 3 aliphatic carbocycles. The van der Waals surface area contributed by atoms with E-state index in [0.717, 1.165) is 80.0 Å². The first-order chi connectivity index (χ1) is 16.1. The molecule has 1 aromatic carbocycles. The van der Waals surface area contributed by atoms with Crippen LogP contribution in [0, 0.1) is 0 Å². The van der Waals surface area contributed by atoms with E-state index in [0.29, 0.717) is 17.7 Å². The van der Waals surface area contributed by atoms with Gasteiger partial charge in [-0.05, 0) is 87.1 Å². The second kappa shape index (κ2) is 10.1. The van der Waals surface area contributed by atoms with Crippen molar-refractivity contribution in [1.82, 2.24) is 15.1 Å². The molecule has 1 fully saturated rings. The lowest BCUT2D eigenvalue weighted by Gasteiger charge is -2.26. The molecule has 1 amide bonds. The Balaban J connectivity index is 1.50. The Bertz CT molecular complexity index is 1080. The minimum atomic E-state index is 0.00223. The number of carbonyl (C=O) groups is 1. The SMILES string of the molecule is O=C(NC1CCC1)c1nn(CC2=CC=C(Cl)CC2)c2c1CCCCC2Cc1ccc(Cl)cc1. The maximum absolute atomic E-state index is 13.2. The maximum Gasteiger partial charge on any atom is 0.272 e. The fraction of sp³-hybridized carbons (Fsp3) is 0.481. The van der Waals surface area contributed by atoms with Gasteiger partial charge in [0.25, 0.3) is 5.91 Å². The minimum Gasteiger partial charge on any atom is -0.348 e. The fourth-order valence-corrected chi connectivity index (χ4v) is 5.52. The molecule has 1 unspecified atom stereocenters. The van der Waals surface area contributed by atoms with Crippen LogP contribution in [-0.4, -0.2) is 21.7 Å². The van der Waals surface area contributed by atoms with E-state index in [9.17, 15) is 4.79 Å². The molecule has 1 saturated carbocycles. The van der Waals surface area contributed by atoms with Gasteiger partial charge in [0.05, 0.1) is 6.54 Å². The highest BCUT2D eigenvalue weighted by Crippen LogP contribution is 2.36. The van der Waals surface area contributed by atoms with E-state index < -0.39 is 0 Å². The summed E-state index contributed by atoms with van der Waals surface area (Å²) in [5.41, 5.74) is 5.64. The molecule has 0 bridgehead atoms. The molecule has 1 atom stereocenters. The Morgan fingerprint density at radius 2 is 1.82 bits per heavy atom. The lowest BCUT2D eigenvalue weighted by Crippen LogP contribution is -2.40. The van der Waals surface area contributed by atoms with E-state index in [1.165, 1.54) is 23.3 Å². The van der Waals surface area contributed by atoms with Crippen LogP contribution in [-0.2, 0) is 19.4 Å². The third-order valence-corrected chi connectivity index (χ3v) is 7.87. The molecule has 33 heavy (non-hydrogen) atoms. The van der Waals surface area contributed by atoms with Crippen LogP contribution in [0.15, 0.2) is 47.0 Å². The summed E-state index contributed by atoms with van der Waals surface area (Å²) in [6, 6.07) is 8.48. The van der Waals surface area contributed by atoms with Gasteiger partial charge in [-0.15, -0.1) is 0 Å². The minimum absolute atomic E-state index is 0.00223. The summed E-state index contributed by atoms with van der Waals surface area (Å²) in [6.07, 6.45) is 14.5. The summed E-state index contributed by atoms with van der Waals surface area (Å²) < 4.78 is 2.13. The number of amides is 1. The zero-order chi connectivity index (χ0) is 22.8. The summed E-state index contributed by atoms with van der Waals surface area (Å²) in [5, 5.41) is 9.84. The van der Waals surface area contributed by atoms with Crippen molar-refractivity contribution >= 4 is 29.1 Å². The summed E-state index contributed by atoms with van der Waals surface area (Å²) in [6.45, 7) is 0.719. The van der Waals surface area contributed by atoms with Gasteiger partial charge in [-0.3, -0.25) is 9.48 Å². The normalized spacial score (nSPS) is 20.8. The van der Waals surface area contributed by atoms with Gasteiger partial charge in [0, 0.05) is 33.3 Å².